The predicted octanol–water partition coefficient (Wildman–Crippen LogP) is 8.13. The molecule has 0 saturated carbocycles. The van der Waals surface area contributed by atoms with Gasteiger partial charge in [-0.1, -0.05) is 64.1 Å². The standard InChI is InChI=1S/C30H22BrN3O2S2/c1-16-20(15-23(35)18-11-13-19(31)14-12-18)17(2)33-29-26(16)27(32)28(38-29)30(36)34-21-7-3-5-9-24(21)37-25-10-6-4-8-22(25)34/h3-14H,15,32H2,1-2H3. The van der Waals surface area contributed by atoms with Gasteiger partial charge in [-0.15, -0.1) is 11.3 Å². The van der Waals surface area contributed by atoms with Crippen LogP contribution < -0.4 is 10.6 Å². The number of nitrogens with zero attached hydrogens (tertiary/aromatic N) is 2. The van der Waals surface area contributed by atoms with Crippen LogP contribution in [0.2, 0.25) is 0 Å². The first-order valence-corrected chi connectivity index (χ1v) is 14.4. The van der Waals surface area contributed by atoms with Crippen LogP contribution in [0.15, 0.2) is 87.1 Å². The highest BCUT2D eigenvalue weighted by molar-refractivity contribution is 9.10. The number of para-hydroxylation sites is 2. The van der Waals surface area contributed by atoms with E-state index in [9.17, 15) is 9.59 Å². The Labute approximate surface area is 236 Å². The average molecular weight is 601 g/mol. The topological polar surface area (TPSA) is 76.3 Å². The van der Waals surface area contributed by atoms with Gasteiger partial charge in [-0.3, -0.25) is 14.5 Å². The fraction of sp³-hybridized carbons (Fsp3) is 0.100. The third-order valence-electron chi connectivity index (χ3n) is 6.79. The van der Waals surface area contributed by atoms with E-state index in [0.717, 1.165) is 47.8 Å². The van der Waals surface area contributed by atoms with Crippen LogP contribution in [0.4, 0.5) is 17.1 Å². The summed E-state index contributed by atoms with van der Waals surface area (Å²) in [6.07, 6.45) is 0.213. The van der Waals surface area contributed by atoms with E-state index in [0.29, 0.717) is 21.0 Å². The number of fused-ring (bicyclic) bond motifs is 3. The molecule has 3 aromatic carbocycles. The molecule has 1 amide bonds. The molecule has 0 bridgehead atoms. The van der Waals surface area contributed by atoms with Crippen LogP contribution in [0, 0.1) is 13.8 Å². The first-order chi connectivity index (χ1) is 18.3. The van der Waals surface area contributed by atoms with E-state index in [1.807, 2.05) is 86.6 Å². The summed E-state index contributed by atoms with van der Waals surface area (Å²) >= 11 is 6.37. The molecular formula is C30H22BrN3O2S2. The molecule has 2 aromatic heterocycles. The van der Waals surface area contributed by atoms with Crippen molar-refractivity contribution in [3.63, 3.8) is 0 Å². The number of anilines is 3. The number of carbonyl (C=O) groups excluding carboxylic acids is 2. The van der Waals surface area contributed by atoms with Gasteiger partial charge in [0.25, 0.3) is 5.91 Å². The number of rotatable bonds is 4. The van der Waals surface area contributed by atoms with Crippen molar-refractivity contribution in [2.75, 3.05) is 10.6 Å². The summed E-state index contributed by atoms with van der Waals surface area (Å²) in [5.41, 5.74) is 11.9. The lowest BCUT2D eigenvalue weighted by Crippen LogP contribution is -2.28. The zero-order chi connectivity index (χ0) is 26.6. The van der Waals surface area contributed by atoms with Gasteiger partial charge in [0.15, 0.2) is 5.78 Å². The minimum Gasteiger partial charge on any atom is -0.397 e. The van der Waals surface area contributed by atoms with Crippen molar-refractivity contribution in [1.29, 1.82) is 0 Å². The lowest BCUT2D eigenvalue weighted by atomic mass is 9.96. The molecule has 0 saturated heterocycles. The number of carbonyl (C=O) groups is 2. The highest BCUT2D eigenvalue weighted by atomic mass is 79.9. The van der Waals surface area contributed by atoms with Gasteiger partial charge in [-0.05, 0) is 61.4 Å². The van der Waals surface area contributed by atoms with Crippen molar-refractivity contribution in [2.45, 2.75) is 30.1 Å². The third kappa shape index (κ3) is 4.13. The SMILES string of the molecule is Cc1nc2sc(C(=O)N3c4ccccc4Sc4ccccc43)c(N)c2c(C)c1CC(=O)c1ccc(Br)cc1. The van der Waals surface area contributed by atoms with Gasteiger partial charge in [0.2, 0.25) is 0 Å². The Morgan fingerprint density at radius 1 is 0.921 bits per heavy atom. The molecule has 2 N–H and O–H groups in total. The van der Waals surface area contributed by atoms with Crippen LogP contribution >= 0.6 is 39.0 Å². The van der Waals surface area contributed by atoms with Gasteiger partial charge < -0.3 is 5.73 Å². The van der Waals surface area contributed by atoms with Crippen LogP contribution in [-0.2, 0) is 6.42 Å². The molecule has 0 atom stereocenters. The summed E-state index contributed by atoms with van der Waals surface area (Å²) in [6, 6.07) is 23.1. The molecule has 0 aliphatic carbocycles. The number of halogens is 1. The Bertz CT molecular complexity index is 1720. The highest BCUT2D eigenvalue weighted by Gasteiger charge is 2.32. The number of thiophene rings is 1. The summed E-state index contributed by atoms with van der Waals surface area (Å²) in [5, 5.41) is 0.746. The number of aryl methyl sites for hydroxylation is 2. The van der Waals surface area contributed by atoms with Crippen molar-refractivity contribution in [3.05, 3.63) is 105 Å². The zero-order valence-corrected chi connectivity index (χ0v) is 23.8. The van der Waals surface area contributed by atoms with E-state index < -0.39 is 0 Å². The summed E-state index contributed by atoms with van der Waals surface area (Å²) in [5.74, 6) is -0.177. The molecular weight excluding hydrogens is 578 g/mol. The predicted molar refractivity (Wildman–Crippen MR) is 159 cm³/mol. The number of hydrogen-bond acceptors (Lipinski definition) is 6. The first-order valence-electron chi connectivity index (χ1n) is 12.0. The second kappa shape index (κ2) is 9.69. The Morgan fingerprint density at radius 3 is 2.16 bits per heavy atom. The molecule has 0 unspecified atom stereocenters. The summed E-state index contributed by atoms with van der Waals surface area (Å²) in [7, 11) is 0. The number of nitrogen functional groups attached to an aromatic ring is 1. The van der Waals surface area contributed by atoms with E-state index in [1.54, 1.807) is 16.7 Å². The van der Waals surface area contributed by atoms with E-state index in [-0.39, 0.29) is 18.1 Å². The summed E-state index contributed by atoms with van der Waals surface area (Å²) in [4.78, 5) is 36.9. The van der Waals surface area contributed by atoms with Crippen molar-refractivity contribution >= 4 is 78.0 Å². The van der Waals surface area contributed by atoms with Crippen LogP contribution in [0.1, 0.15) is 36.9 Å². The van der Waals surface area contributed by atoms with E-state index in [4.69, 9.17) is 10.7 Å². The molecule has 0 radical (unpaired) electrons. The molecule has 1 aliphatic rings. The van der Waals surface area contributed by atoms with Gasteiger partial charge in [-0.25, -0.2) is 4.98 Å². The number of ketones is 1. The smallest absolute Gasteiger partial charge is 0.275 e. The second-order valence-corrected chi connectivity index (χ2v) is 12.1. The molecule has 0 fully saturated rings. The Balaban J connectivity index is 1.43. The number of benzene rings is 3. The molecule has 1 aliphatic heterocycles. The number of aromatic nitrogens is 1. The molecule has 8 heteroatoms. The molecule has 0 spiro atoms. The highest BCUT2D eigenvalue weighted by Crippen LogP contribution is 2.49. The molecule has 6 rings (SSSR count). The number of pyridine rings is 1. The van der Waals surface area contributed by atoms with Crippen molar-refractivity contribution in [3.8, 4) is 0 Å². The minimum atomic E-state index is -0.185. The molecule has 5 aromatic rings. The van der Waals surface area contributed by atoms with E-state index in [2.05, 4.69) is 15.9 Å². The van der Waals surface area contributed by atoms with E-state index in [1.165, 1.54) is 11.3 Å². The monoisotopic (exact) mass is 599 g/mol. The number of nitrogens with two attached hydrogens (primary N) is 1. The van der Waals surface area contributed by atoms with Gasteiger partial charge in [0.05, 0.1) is 17.1 Å². The number of hydrogen-bond donors (Lipinski definition) is 1. The quantitative estimate of drug-likeness (QED) is 0.211. The van der Waals surface area contributed by atoms with Gasteiger partial charge in [-0.2, -0.15) is 0 Å². The summed E-state index contributed by atoms with van der Waals surface area (Å²) in [6.45, 7) is 3.86. The second-order valence-electron chi connectivity index (χ2n) is 9.11. The Hall–Kier alpha value is -3.46. The van der Waals surface area contributed by atoms with E-state index >= 15 is 0 Å². The average Bonchev–Trinajstić information content (AvgIpc) is 3.25. The van der Waals surface area contributed by atoms with Crippen LogP contribution in [0.25, 0.3) is 10.2 Å². The van der Waals surface area contributed by atoms with Gasteiger partial charge in [0.1, 0.15) is 9.71 Å². The fourth-order valence-corrected chi connectivity index (χ4v) is 7.31. The van der Waals surface area contributed by atoms with Crippen LogP contribution in [0.3, 0.4) is 0 Å². The zero-order valence-electron chi connectivity index (χ0n) is 20.6. The third-order valence-corrected chi connectivity index (χ3v) is 9.54. The normalized spacial score (nSPS) is 12.3. The Kier molecular flexibility index (Phi) is 6.34. The van der Waals surface area contributed by atoms with Gasteiger partial charge in [0, 0.05) is 37.3 Å². The first kappa shape index (κ1) is 24.9. The van der Waals surface area contributed by atoms with Crippen molar-refractivity contribution in [2.24, 2.45) is 0 Å². The fourth-order valence-electron chi connectivity index (χ4n) is 4.86. The molecule has 38 heavy (non-hydrogen) atoms. The lowest BCUT2D eigenvalue weighted by Gasteiger charge is -2.30. The molecule has 188 valence electrons. The maximum atomic E-state index is 14.1. The molecule has 5 nitrogen and oxygen atoms in total. The molecule has 3 heterocycles. The van der Waals surface area contributed by atoms with Crippen molar-refractivity contribution in [1.82, 2.24) is 4.98 Å². The summed E-state index contributed by atoms with van der Waals surface area (Å²) < 4.78 is 0.922. The number of Topliss-reactive ketones (excluding diaryl/α,β-unsaturated/α-hetero) is 1. The van der Waals surface area contributed by atoms with Crippen LogP contribution in [0.5, 0.6) is 0 Å². The minimum absolute atomic E-state index is 0.00832. The van der Waals surface area contributed by atoms with Gasteiger partial charge >= 0.3 is 0 Å². The van der Waals surface area contributed by atoms with Crippen LogP contribution in [-0.4, -0.2) is 16.7 Å². The number of amides is 1. The van der Waals surface area contributed by atoms with Crippen molar-refractivity contribution < 1.29 is 9.59 Å². The maximum absolute atomic E-state index is 14.1. The maximum Gasteiger partial charge on any atom is 0.275 e. The Morgan fingerprint density at radius 2 is 1.53 bits per heavy atom. The lowest BCUT2D eigenvalue weighted by molar-refractivity contribution is 0.0988. The largest absolute Gasteiger partial charge is 0.397 e.